The van der Waals surface area contributed by atoms with Crippen LogP contribution in [0.4, 0.5) is 5.69 Å². The number of carbonyl (C=O) groups excluding carboxylic acids is 1. The maximum absolute atomic E-state index is 12.0. The van der Waals surface area contributed by atoms with E-state index in [4.69, 9.17) is 0 Å². The van der Waals surface area contributed by atoms with E-state index in [1.54, 1.807) is 24.5 Å². The Labute approximate surface area is 123 Å². The highest BCUT2D eigenvalue weighted by Crippen LogP contribution is 2.36. The van der Waals surface area contributed by atoms with Crippen LogP contribution in [0.25, 0.3) is 0 Å². The highest BCUT2D eigenvalue weighted by molar-refractivity contribution is 5.96. The fourth-order valence-electron chi connectivity index (χ4n) is 2.68. The third-order valence-electron chi connectivity index (χ3n) is 3.77. The normalized spacial score (nSPS) is 16.2. The van der Waals surface area contributed by atoms with Crippen LogP contribution in [0.3, 0.4) is 0 Å². The summed E-state index contributed by atoms with van der Waals surface area (Å²) in [6.07, 6.45) is 4.11. The molecule has 2 aromatic rings. The maximum atomic E-state index is 12.0. The van der Waals surface area contributed by atoms with Gasteiger partial charge in [0.25, 0.3) is 5.91 Å². The van der Waals surface area contributed by atoms with Crippen LogP contribution in [0, 0.1) is 0 Å². The van der Waals surface area contributed by atoms with Crippen LogP contribution in [0.15, 0.2) is 53.8 Å². The molecule has 2 heterocycles. The quantitative estimate of drug-likeness (QED) is 0.935. The first-order valence-electron chi connectivity index (χ1n) is 7.08. The van der Waals surface area contributed by atoms with Gasteiger partial charge in [-0.2, -0.15) is 0 Å². The molecular formula is C17H17N3O. The van der Waals surface area contributed by atoms with Crippen molar-refractivity contribution < 1.29 is 4.79 Å². The molecule has 21 heavy (non-hydrogen) atoms. The van der Waals surface area contributed by atoms with Crippen LogP contribution in [-0.2, 0) is 0 Å². The van der Waals surface area contributed by atoms with Gasteiger partial charge in [0.15, 0.2) is 0 Å². The molecule has 3 rings (SSSR count). The second kappa shape index (κ2) is 5.87. The standard InChI is InChI=1S/C17H17N3O/c1-12-14(15-4-2-3-5-16(15)20-12)8-11-19-17(21)13-6-9-18-10-7-13/h2-7,9-10,14H,8,11H2,1H3,(H,19,21). The number of benzene rings is 1. The third kappa shape index (κ3) is 2.84. The highest BCUT2D eigenvalue weighted by Gasteiger charge is 2.23. The van der Waals surface area contributed by atoms with E-state index in [0.29, 0.717) is 18.0 Å². The Morgan fingerprint density at radius 1 is 1.19 bits per heavy atom. The summed E-state index contributed by atoms with van der Waals surface area (Å²) < 4.78 is 0. The number of nitrogens with one attached hydrogen (secondary N) is 1. The van der Waals surface area contributed by atoms with Crippen LogP contribution in [0.2, 0.25) is 0 Å². The Morgan fingerprint density at radius 3 is 2.76 bits per heavy atom. The number of nitrogens with zero attached hydrogens (tertiary/aromatic N) is 2. The number of amides is 1. The Morgan fingerprint density at radius 2 is 1.95 bits per heavy atom. The van der Waals surface area contributed by atoms with E-state index < -0.39 is 0 Å². The molecule has 4 nitrogen and oxygen atoms in total. The minimum absolute atomic E-state index is 0.0572. The van der Waals surface area contributed by atoms with Gasteiger partial charge in [-0.05, 0) is 37.1 Å². The van der Waals surface area contributed by atoms with Crippen molar-refractivity contribution in [2.45, 2.75) is 19.3 Å². The van der Waals surface area contributed by atoms with Gasteiger partial charge in [-0.1, -0.05) is 18.2 Å². The minimum atomic E-state index is -0.0572. The van der Waals surface area contributed by atoms with E-state index in [0.717, 1.165) is 17.8 Å². The molecule has 1 aliphatic heterocycles. The van der Waals surface area contributed by atoms with E-state index in [1.165, 1.54) is 5.56 Å². The summed E-state index contributed by atoms with van der Waals surface area (Å²) in [4.78, 5) is 20.5. The third-order valence-corrected chi connectivity index (χ3v) is 3.77. The number of pyridine rings is 1. The van der Waals surface area contributed by atoms with Gasteiger partial charge in [-0.3, -0.25) is 14.8 Å². The first-order valence-corrected chi connectivity index (χ1v) is 7.08. The lowest BCUT2D eigenvalue weighted by atomic mass is 9.93. The Hall–Kier alpha value is -2.49. The van der Waals surface area contributed by atoms with E-state index in [9.17, 15) is 4.79 Å². The summed E-state index contributed by atoms with van der Waals surface area (Å²) in [5.74, 6) is 0.247. The SMILES string of the molecule is CC1=Nc2ccccc2C1CCNC(=O)c1ccncc1. The molecule has 0 spiro atoms. The van der Waals surface area contributed by atoms with Gasteiger partial charge in [0.2, 0.25) is 0 Å². The topological polar surface area (TPSA) is 54.4 Å². The molecule has 0 saturated heterocycles. The van der Waals surface area contributed by atoms with Gasteiger partial charge >= 0.3 is 0 Å². The van der Waals surface area contributed by atoms with E-state index in [2.05, 4.69) is 28.3 Å². The van der Waals surface area contributed by atoms with Crippen molar-refractivity contribution in [3.05, 3.63) is 59.9 Å². The Balaban J connectivity index is 1.59. The predicted molar refractivity (Wildman–Crippen MR) is 83.1 cm³/mol. The largest absolute Gasteiger partial charge is 0.352 e. The smallest absolute Gasteiger partial charge is 0.251 e. The van der Waals surface area contributed by atoms with Gasteiger partial charge in [0.1, 0.15) is 0 Å². The van der Waals surface area contributed by atoms with Gasteiger partial charge in [0, 0.05) is 36.1 Å². The molecule has 1 aliphatic rings. The zero-order valence-corrected chi connectivity index (χ0v) is 11.9. The molecular weight excluding hydrogens is 262 g/mol. The summed E-state index contributed by atoms with van der Waals surface area (Å²) >= 11 is 0. The number of rotatable bonds is 4. The fourth-order valence-corrected chi connectivity index (χ4v) is 2.68. The number of para-hydroxylation sites is 1. The summed E-state index contributed by atoms with van der Waals surface area (Å²) in [6, 6.07) is 11.6. The molecule has 0 fully saturated rings. The summed E-state index contributed by atoms with van der Waals surface area (Å²) in [5, 5.41) is 2.96. The average molecular weight is 279 g/mol. The predicted octanol–water partition coefficient (Wildman–Crippen LogP) is 3.09. The Kier molecular flexibility index (Phi) is 3.77. The molecule has 1 aromatic carbocycles. The van der Waals surface area contributed by atoms with E-state index in [1.807, 2.05) is 18.2 Å². The lowest BCUT2D eigenvalue weighted by Gasteiger charge is -2.13. The first-order chi connectivity index (χ1) is 10.3. The number of aliphatic imine (C=N–C) groups is 1. The van der Waals surface area contributed by atoms with Crippen molar-refractivity contribution in [3.8, 4) is 0 Å². The molecule has 0 saturated carbocycles. The lowest BCUT2D eigenvalue weighted by molar-refractivity contribution is 0.0953. The molecule has 1 amide bonds. The molecule has 0 radical (unpaired) electrons. The van der Waals surface area contributed by atoms with Crippen molar-refractivity contribution in [3.63, 3.8) is 0 Å². The van der Waals surface area contributed by atoms with Gasteiger partial charge < -0.3 is 5.32 Å². The van der Waals surface area contributed by atoms with Crippen molar-refractivity contribution in [1.29, 1.82) is 0 Å². The van der Waals surface area contributed by atoms with Crippen molar-refractivity contribution in [2.75, 3.05) is 6.54 Å². The lowest BCUT2D eigenvalue weighted by Crippen LogP contribution is -2.26. The highest BCUT2D eigenvalue weighted by atomic mass is 16.1. The zero-order chi connectivity index (χ0) is 14.7. The second-order valence-corrected chi connectivity index (χ2v) is 5.15. The molecule has 1 N–H and O–H groups in total. The van der Waals surface area contributed by atoms with Gasteiger partial charge in [-0.25, -0.2) is 0 Å². The van der Waals surface area contributed by atoms with Gasteiger partial charge in [-0.15, -0.1) is 0 Å². The molecule has 4 heteroatoms. The number of carbonyl (C=O) groups is 1. The van der Waals surface area contributed by atoms with Crippen LogP contribution in [0.5, 0.6) is 0 Å². The summed E-state index contributed by atoms with van der Waals surface area (Å²) in [7, 11) is 0. The molecule has 1 atom stereocenters. The van der Waals surface area contributed by atoms with Crippen molar-refractivity contribution >= 4 is 17.3 Å². The summed E-state index contributed by atoms with van der Waals surface area (Å²) in [5.41, 5.74) is 4.07. The maximum Gasteiger partial charge on any atom is 0.251 e. The summed E-state index contributed by atoms with van der Waals surface area (Å²) in [6.45, 7) is 2.68. The van der Waals surface area contributed by atoms with Crippen LogP contribution < -0.4 is 5.32 Å². The molecule has 0 bridgehead atoms. The van der Waals surface area contributed by atoms with Gasteiger partial charge in [0.05, 0.1) is 5.69 Å². The van der Waals surface area contributed by atoms with E-state index >= 15 is 0 Å². The minimum Gasteiger partial charge on any atom is -0.352 e. The molecule has 0 aliphatic carbocycles. The monoisotopic (exact) mass is 279 g/mol. The fraction of sp³-hybridized carbons (Fsp3) is 0.235. The second-order valence-electron chi connectivity index (χ2n) is 5.15. The molecule has 1 unspecified atom stereocenters. The molecule has 1 aromatic heterocycles. The van der Waals surface area contributed by atoms with Crippen LogP contribution >= 0.6 is 0 Å². The molecule has 106 valence electrons. The average Bonchev–Trinajstić information content (AvgIpc) is 2.84. The van der Waals surface area contributed by atoms with Crippen LogP contribution in [-0.4, -0.2) is 23.1 Å². The zero-order valence-electron chi connectivity index (χ0n) is 11.9. The number of hydrogen-bond donors (Lipinski definition) is 1. The van der Waals surface area contributed by atoms with Crippen LogP contribution in [0.1, 0.15) is 35.2 Å². The number of fused-ring (bicyclic) bond motifs is 1. The number of hydrogen-bond acceptors (Lipinski definition) is 3. The number of aromatic nitrogens is 1. The first kappa shape index (κ1) is 13.5. The van der Waals surface area contributed by atoms with Crippen molar-refractivity contribution in [1.82, 2.24) is 10.3 Å². The van der Waals surface area contributed by atoms with E-state index in [-0.39, 0.29) is 5.91 Å². The van der Waals surface area contributed by atoms with Crippen molar-refractivity contribution in [2.24, 2.45) is 4.99 Å². The Bertz CT molecular complexity index is 679.